The molecule has 1 atom stereocenters. The molecule has 4 N–H and O–H groups in total. The second-order valence-corrected chi connectivity index (χ2v) is 6.55. The van der Waals surface area contributed by atoms with Crippen LogP contribution >= 0.6 is 0 Å². The number of hydrogen-bond acceptors (Lipinski definition) is 5. The summed E-state index contributed by atoms with van der Waals surface area (Å²) in [6, 6.07) is 23.6. The molecule has 29 heavy (non-hydrogen) atoms. The van der Waals surface area contributed by atoms with Gasteiger partial charge in [-0.2, -0.15) is 0 Å². The van der Waals surface area contributed by atoms with Gasteiger partial charge in [-0.3, -0.25) is 4.79 Å². The highest BCUT2D eigenvalue weighted by Gasteiger charge is 2.23. The molecule has 0 bridgehead atoms. The first kappa shape index (κ1) is 20.1. The van der Waals surface area contributed by atoms with E-state index in [1.165, 1.54) is 18.2 Å². The zero-order chi connectivity index (χ0) is 20.8. The van der Waals surface area contributed by atoms with Gasteiger partial charge in [0.05, 0.1) is 12.1 Å². The molecule has 0 aromatic heterocycles. The lowest BCUT2D eigenvalue weighted by Gasteiger charge is -2.18. The number of nitrogens with two attached hydrogens (primary N) is 1. The minimum Gasteiger partial charge on any atom is -0.479 e. The minimum atomic E-state index is -1.80. The third-order valence-corrected chi connectivity index (χ3v) is 4.63. The molecule has 3 aromatic rings. The fraction of sp³-hybridized carbons (Fsp3) is 0.130. The quantitative estimate of drug-likeness (QED) is 0.323. The zero-order valence-electron chi connectivity index (χ0n) is 15.6. The van der Waals surface area contributed by atoms with Crippen molar-refractivity contribution in [2.45, 2.75) is 18.4 Å². The van der Waals surface area contributed by atoms with Crippen molar-refractivity contribution in [2.75, 3.05) is 5.73 Å². The number of rotatable bonds is 7. The minimum absolute atomic E-state index is 0.0210. The van der Waals surface area contributed by atoms with Gasteiger partial charge in [0.2, 0.25) is 0 Å². The second kappa shape index (κ2) is 9.03. The SMILES string of the molecule is Nc1c(OC(=O)CC(c2ccccc2)c2ccccc2)cccc1[C@@H](O)C(=O)O. The highest BCUT2D eigenvalue weighted by Crippen LogP contribution is 2.32. The maximum atomic E-state index is 12.7. The number of aliphatic carboxylic acids is 1. The Kier molecular flexibility index (Phi) is 6.26. The third-order valence-electron chi connectivity index (χ3n) is 4.63. The molecule has 0 spiro atoms. The van der Waals surface area contributed by atoms with Crippen LogP contribution in [0.15, 0.2) is 78.9 Å². The number of anilines is 1. The fourth-order valence-corrected chi connectivity index (χ4v) is 3.15. The van der Waals surface area contributed by atoms with Crippen molar-refractivity contribution in [1.29, 1.82) is 0 Å². The monoisotopic (exact) mass is 391 g/mol. The van der Waals surface area contributed by atoms with E-state index in [4.69, 9.17) is 15.6 Å². The van der Waals surface area contributed by atoms with E-state index in [2.05, 4.69) is 0 Å². The maximum Gasteiger partial charge on any atom is 0.337 e. The van der Waals surface area contributed by atoms with Crippen LogP contribution in [0.1, 0.15) is 35.1 Å². The molecule has 6 nitrogen and oxygen atoms in total. The van der Waals surface area contributed by atoms with Gasteiger partial charge >= 0.3 is 11.9 Å². The summed E-state index contributed by atoms with van der Waals surface area (Å²) in [5.41, 5.74) is 7.76. The molecule has 0 saturated heterocycles. The third kappa shape index (κ3) is 4.80. The van der Waals surface area contributed by atoms with E-state index in [9.17, 15) is 14.7 Å². The fourth-order valence-electron chi connectivity index (χ4n) is 3.15. The van der Waals surface area contributed by atoms with Gasteiger partial charge in [-0.1, -0.05) is 72.8 Å². The highest BCUT2D eigenvalue weighted by atomic mass is 16.5. The Bertz CT molecular complexity index is 949. The molecule has 0 unspecified atom stereocenters. The van der Waals surface area contributed by atoms with Crippen LogP contribution < -0.4 is 10.5 Å². The molecule has 0 saturated carbocycles. The van der Waals surface area contributed by atoms with Crippen LogP contribution in [0.4, 0.5) is 5.69 Å². The lowest BCUT2D eigenvalue weighted by atomic mass is 9.88. The number of aliphatic hydroxyl groups is 1. The van der Waals surface area contributed by atoms with Gasteiger partial charge < -0.3 is 20.7 Å². The number of hydrogen-bond donors (Lipinski definition) is 3. The van der Waals surface area contributed by atoms with Crippen molar-refractivity contribution < 1.29 is 24.5 Å². The van der Waals surface area contributed by atoms with E-state index < -0.39 is 18.0 Å². The zero-order valence-corrected chi connectivity index (χ0v) is 15.6. The molecule has 0 amide bonds. The molecular formula is C23H21NO5. The number of carboxylic acid groups (broad SMARTS) is 1. The van der Waals surface area contributed by atoms with Crippen molar-refractivity contribution >= 4 is 17.6 Å². The molecule has 3 aromatic carbocycles. The summed E-state index contributed by atoms with van der Waals surface area (Å²) >= 11 is 0. The lowest BCUT2D eigenvalue weighted by molar-refractivity contribution is -0.146. The van der Waals surface area contributed by atoms with Crippen LogP contribution in [0.2, 0.25) is 0 Å². The molecule has 3 rings (SSSR count). The van der Waals surface area contributed by atoms with Gasteiger partial charge in [0, 0.05) is 11.5 Å². The Morgan fingerprint density at radius 3 is 1.93 bits per heavy atom. The summed E-state index contributed by atoms with van der Waals surface area (Å²) in [5, 5.41) is 18.8. The van der Waals surface area contributed by atoms with Crippen molar-refractivity contribution in [3.05, 3.63) is 95.6 Å². The summed E-state index contributed by atoms with van der Waals surface area (Å²) in [7, 11) is 0. The summed E-state index contributed by atoms with van der Waals surface area (Å²) < 4.78 is 5.42. The molecule has 0 aliphatic carbocycles. The van der Waals surface area contributed by atoms with Crippen LogP contribution in [-0.4, -0.2) is 22.2 Å². The van der Waals surface area contributed by atoms with Gasteiger partial charge in [0.1, 0.15) is 0 Å². The van der Waals surface area contributed by atoms with Crippen molar-refractivity contribution in [2.24, 2.45) is 0 Å². The van der Waals surface area contributed by atoms with Crippen LogP contribution in [-0.2, 0) is 9.59 Å². The van der Waals surface area contributed by atoms with E-state index in [1.807, 2.05) is 60.7 Å². The van der Waals surface area contributed by atoms with E-state index in [-0.39, 0.29) is 29.3 Å². The smallest absolute Gasteiger partial charge is 0.337 e. The summed E-state index contributed by atoms with van der Waals surface area (Å²) in [6.07, 6.45) is -1.73. The van der Waals surface area contributed by atoms with Crippen molar-refractivity contribution in [3.63, 3.8) is 0 Å². The Balaban J connectivity index is 1.83. The van der Waals surface area contributed by atoms with Gasteiger partial charge in [0.25, 0.3) is 0 Å². The molecule has 0 radical (unpaired) electrons. The van der Waals surface area contributed by atoms with E-state index in [1.54, 1.807) is 0 Å². The number of carboxylic acids is 1. The average molecular weight is 391 g/mol. The number of benzene rings is 3. The number of ether oxygens (including phenoxy) is 1. The number of nitrogen functional groups attached to an aromatic ring is 1. The highest BCUT2D eigenvalue weighted by molar-refractivity contribution is 5.80. The van der Waals surface area contributed by atoms with Crippen LogP contribution in [0.25, 0.3) is 0 Å². The Hall–Kier alpha value is -3.64. The summed E-state index contributed by atoms with van der Waals surface area (Å²) in [6.45, 7) is 0. The van der Waals surface area contributed by atoms with E-state index >= 15 is 0 Å². The van der Waals surface area contributed by atoms with Crippen LogP contribution in [0.5, 0.6) is 5.75 Å². The Morgan fingerprint density at radius 1 is 0.862 bits per heavy atom. The van der Waals surface area contributed by atoms with E-state index in [0.717, 1.165) is 11.1 Å². The number of carbonyl (C=O) groups is 2. The first-order chi connectivity index (χ1) is 14.0. The Morgan fingerprint density at radius 2 is 1.41 bits per heavy atom. The van der Waals surface area contributed by atoms with E-state index in [0.29, 0.717) is 0 Å². The topological polar surface area (TPSA) is 110 Å². The number of para-hydroxylation sites is 1. The summed E-state index contributed by atoms with van der Waals surface area (Å²) in [5.74, 6) is -2.14. The first-order valence-corrected chi connectivity index (χ1v) is 9.07. The molecule has 0 aliphatic rings. The van der Waals surface area contributed by atoms with Crippen molar-refractivity contribution in [1.82, 2.24) is 0 Å². The summed E-state index contributed by atoms with van der Waals surface area (Å²) in [4.78, 5) is 23.7. The second-order valence-electron chi connectivity index (χ2n) is 6.55. The Labute approximate surface area is 168 Å². The van der Waals surface area contributed by atoms with Crippen molar-refractivity contribution in [3.8, 4) is 5.75 Å². The predicted octanol–water partition coefficient (Wildman–Crippen LogP) is 3.51. The number of aliphatic hydroxyl groups excluding tert-OH is 1. The standard InChI is InChI=1S/C23H21NO5/c24-21-17(22(26)23(27)28)12-7-13-19(21)29-20(25)14-18(15-8-3-1-4-9-15)16-10-5-2-6-11-16/h1-13,18,22,26H,14,24H2,(H,27,28)/t22-/m1/s1. The first-order valence-electron chi connectivity index (χ1n) is 9.07. The normalized spacial score (nSPS) is 11.8. The van der Waals surface area contributed by atoms with Crippen LogP contribution in [0.3, 0.4) is 0 Å². The maximum absolute atomic E-state index is 12.7. The van der Waals surface area contributed by atoms with Crippen LogP contribution in [0, 0.1) is 0 Å². The lowest BCUT2D eigenvalue weighted by Crippen LogP contribution is -2.17. The molecule has 0 fully saturated rings. The average Bonchev–Trinajstić information content (AvgIpc) is 2.74. The van der Waals surface area contributed by atoms with Gasteiger partial charge in [0.15, 0.2) is 11.9 Å². The van der Waals surface area contributed by atoms with Gasteiger partial charge in [-0.25, -0.2) is 4.79 Å². The molecule has 0 aliphatic heterocycles. The van der Waals surface area contributed by atoms with Gasteiger partial charge in [-0.15, -0.1) is 0 Å². The number of carbonyl (C=O) groups excluding carboxylic acids is 1. The predicted molar refractivity (Wildman–Crippen MR) is 108 cm³/mol. The number of esters is 1. The molecule has 0 heterocycles. The largest absolute Gasteiger partial charge is 0.479 e. The van der Waals surface area contributed by atoms with Gasteiger partial charge in [-0.05, 0) is 17.2 Å². The molecular weight excluding hydrogens is 370 g/mol. The molecule has 6 heteroatoms. The molecule has 148 valence electrons.